The molecule has 0 aliphatic carbocycles. The van der Waals surface area contributed by atoms with Crippen LogP contribution in [0.4, 0.5) is 5.69 Å². The van der Waals surface area contributed by atoms with Crippen molar-refractivity contribution in [2.24, 2.45) is 0 Å². The average molecular weight is 380 g/mol. The topological polar surface area (TPSA) is 85.4 Å². The van der Waals surface area contributed by atoms with Gasteiger partial charge < -0.3 is 10.1 Å². The van der Waals surface area contributed by atoms with Crippen molar-refractivity contribution in [1.29, 1.82) is 0 Å². The zero-order valence-corrected chi connectivity index (χ0v) is 15.3. The molecule has 0 atom stereocenters. The number of nitrogens with zero attached hydrogens (tertiary/aromatic N) is 1. The summed E-state index contributed by atoms with van der Waals surface area (Å²) in [6, 6.07) is 16.0. The number of Topliss-reactive ketones (excluding diaryl/α,β-unsaturated/α-hetero) is 1. The molecule has 0 saturated heterocycles. The third-order valence-electron chi connectivity index (χ3n) is 3.62. The van der Waals surface area contributed by atoms with Gasteiger partial charge >= 0.3 is 5.97 Å². The Morgan fingerprint density at radius 3 is 2.59 bits per heavy atom. The third-order valence-corrected chi connectivity index (χ3v) is 4.51. The van der Waals surface area contributed by atoms with Gasteiger partial charge in [-0.15, -0.1) is 11.3 Å². The van der Waals surface area contributed by atoms with Crippen LogP contribution in [0.2, 0.25) is 0 Å². The van der Waals surface area contributed by atoms with Crippen LogP contribution in [0.15, 0.2) is 60.0 Å². The van der Waals surface area contributed by atoms with Gasteiger partial charge in [-0.2, -0.15) is 0 Å². The molecule has 1 heterocycles. The minimum absolute atomic E-state index is 0.102. The van der Waals surface area contributed by atoms with Crippen molar-refractivity contribution in [3.05, 3.63) is 71.2 Å². The largest absolute Gasteiger partial charge is 0.451 e. The van der Waals surface area contributed by atoms with Gasteiger partial charge in [0.25, 0.3) is 5.91 Å². The highest BCUT2D eigenvalue weighted by molar-refractivity contribution is 7.13. The van der Waals surface area contributed by atoms with Gasteiger partial charge in [0.15, 0.2) is 18.1 Å². The highest BCUT2D eigenvalue weighted by Crippen LogP contribution is 2.23. The van der Waals surface area contributed by atoms with Crippen LogP contribution in [-0.2, 0) is 9.53 Å². The van der Waals surface area contributed by atoms with Crippen LogP contribution >= 0.6 is 11.3 Å². The van der Waals surface area contributed by atoms with E-state index in [0.717, 1.165) is 5.56 Å². The first kappa shape index (κ1) is 18.5. The predicted octanol–water partition coefficient (Wildman–Crippen LogP) is 3.81. The molecule has 2 aromatic carbocycles. The normalized spacial score (nSPS) is 10.3. The number of carbonyl (C=O) groups is 3. The van der Waals surface area contributed by atoms with E-state index in [4.69, 9.17) is 4.74 Å². The number of amides is 1. The van der Waals surface area contributed by atoms with Gasteiger partial charge in [-0.25, -0.2) is 9.78 Å². The van der Waals surface area contributed by atoms with Crippen LogP contribution in [0.1, 0.15) is 27.8 Å². The molecule has 27 heavy (non-hydrogen) atoms. The quantitative estimate of drug-likeness (QED) is 0.519. The van der Waals surface area contributed by atoms with Gasteiger partial charge in [0.2, 0.25) is 0 Å². The van der Waals surface area contributed by atoms with Crippen molar-refractivity contribution in [2.45, 2.75) is 6.92 Å². The van der Waals surface area contributed by atoms with Crippen LogP contribution < -0.4 is 5.32 Å². The fraction of sp³-hybridized carbons (Fsp3) is 0.100. The van der Waals surface area contributed by atoms with Gasteiger partial charge in [0.05, 0.1) is 0 Å². The van der Waals surface area contributed by atoms with Crippen LogP contribution in [0, 0.1) is 0 Å². The van der Waals surface area contributed by atoms with Crippen molar-refractivity contribution in [2.75, 3.05) is 11.9 Å². The molecule has 0 unspecified atom stereocenters. The number of rotatable bonds is 6. The number of benzene rings is 2. The van der Waals surface area contributed by atoms with Crippen molar-refractivity contribution in [3.63, 3.8) is 0 Å². The van der Waals surface area contributed by atoms with Gasteiger partial charge in [0.1, 0.15) is 5.01 Å². The van der Waals surface area contributed by atoms with Gasteiger partial charge in [-0.05, 0) is 19.1 Å². The van der Waals surface area contributed by atoms with Crippen molar-refractivity contribution >= 4 is 34.7 Å². The molecule has 7 heteroatoms. The molecule has 0 saturated carbocycles. The molecule has 6 nitrogen and oxygen atoms in total. The summed E-state index contributed by atoms with van der Waals surface area (Å²) in [6.45, 7) is 1.00. The SMILES string of the molecule is CC(=O)c1cccc(NC(=O)COC(=O)c2csc(-c3ccccc3)n2)c1. The Kier molecular flexibility index (Phi) is 5.73. The van der Waals surface area contributed by atoms with Crippen molar-refractivity contribution in [1.82, 2.24) is 4.98 Å². The summed E-state index contributed by atoms with van der Waals surface area (Å²) in [5, 5.41) is 4.89. The van der Waals surface area contributed by atoms with E-state index in [1.165, 1.54) is 18.3 Å². The fourth-order valence-electron chi connectivity index (χ4n) is 2.30. The summed E-state index contributed by atoms with van der Waals surface area (Å²) in [5.74, 6) is -1.26. The highest BCUT2D eigenvalue weighted by atomic mass is 32.1. The monoisotopic (exact) mass is 380 g/mol. The van der Waals surface area contributed by atoms with E-state index < -0.39 is 18.5 Å². The second kappa shape index (κ2) is 8.37. The van der Waals surface area contributed by atoms with Gasteiger partial charge in [-0.1, -0.05) is 42.5 Å². The number of thiazole rings is 1. The zero-order valence-electron chi connectivity index (χ0n) is 14.5. The maximum absolute atomic E-state index is 12.1. The zero-order chi connectivity index (χ0) is 19.2. The molecule has 0 aliphatic rings. The number of aromatic nitrogens is 1. The number of nitrogens with one attached hydrogen (secondary N) is 1. The summed E-state index contributed by atoms with van der Waals surface area (Å²) in [6.07, 6.45) is 0. The standard InChI is InChI=1S/C20H16N2O4S/c1-13(23)15-8-5-9-16(10-15)21-18(24)11-26-20(25)17-12-27-19(22-17)14-6-3-2-4-7-14/h2-10,12H,11H2,1H3,(H,21,24). The van der Waals surface area contributed by atoms with Crippen LogP contribution in [-0.4, -0.2) is 29.3 Å². The van der Waals surface area contributed by atoms with E-state index in [2.05, 4.69) is 10.3 Å². The van der Waals surface area contributed by atoms with E-state index >= 15 is 0 Å². The number of anilines is 1. The van der Waals surface area contributed by atoms with E-state index in [1.54, 1.807) is 29.6 Å². The molecule has 1 amide bonds. The molecule has 0 radical (unpaired) electrons. The van der Waals surface area contributed by atoms with Gasteiger partial charge in [0, 0.05) is 22.2 Å². The second-order valence-corrected chi connectivity index (χ2v) is 6.52. The van der Waals surface area contributed by atoms with Crippen LogP contribution in [0.25, 0.3) is 10.6 Å². The summed E-state index contributed by atoms with van der Waals surface area (Å²) in [7, 11) is 0. The smallest absolute Gasteiger partial charge is 0.358 e. The molecule has 0 aliphatic heterocycles. The van der Waals surface area contributed by atoms with E-state index in [0.29, 0.717) is 16.3 Å². The number of hydrogen-bond acceptors (Lipinski definition) is 6. The van der Waals surface area contributed by atoms with Crippen molar-refractivity contribution in [3.8, 4) is 10.6 Å². The first-order valence-corrected chi connectivity index (χ1v) is 9.00. The van der Waals surface area contributed by atoms with Crippen LogP contribution in [0.5, 0.6) is 0 Å². The summed E-state index contributed by atoms with van der Waals surface area (Å²) in [5.41, 5.74) is 2.01. The molecular formula is C20H16N2O4S. The lowest BCUT2D eigenvalue weighted by molar-refractivity contribution is -0.119. The lowest BCUT2D eigenvalue weighted by Gasteiger charge is -2.06. The Morgan fingerprint density at radius 1 is 1.07 bits per heavy atom. The molecule has 0 spiro atoms. The number of hydrogen-bond donors (Lipinski definition) is 1. The maximum atomic E-state index is 12.1. The Bertz CT molecular complexity index is 982. The summed E-state index contributed by atoms with van der Waals surface area (Å²) in [4.78, 5) is 39.7. The van der Waals surface area contributed by atoms with E-state index in [9.17, 15) is 14.4 Å². The molecule has 1 N–H and O–H groups in total. The first-order chi connectivity index (χ1) is 13.0. The molecule has 0 fully saturated rings. The second-order valence-electron chi connectivity index (χ2n) is 5.67. The number of ketones is 1. The Hall–Kier alpha value is -3.32. The van der Waals surface area contributed by atoms with Crippen molar-refractivity contribution < 1.29 is 19.1 Å². The summed E-state index contributed by atoms with van der Waals surface area (Å²) >= 11 is 1.33. The average Bonchev–Trinajstić information content (AvgIpc) is 3.17. The highest BCUT2D eigenvalue weighted by Gasteiger charge is 2.15. The number of ether oxygens (including phenoxy) is 1. The lowest BCUT2D eigenvalue weighted by atomic mass is 10.1. The molecule has 136 valence electrons. The Labute approximate surface area is 159 Å². The number of esters is 1. The maximum Gasteiger partial charge on any atom is 0.358 e. The van der Waals surface area contributed by atoms with E-state index in [1.807, 2.05) is 30.3 Å². The molecule has 3 aromatic rings. The third kappa shape index (κ3) is 4.86. The minimum Gasteiger partial charge on any atom is -0.451 e. The molecule has 0 bridgehead atoms. The molecular weight excluding hydrogens is 364 g/mol. The van der Waals surface area contributed by atoms with Crippen LogP contribution in [0.3, 0.4) is 0 Å². The summed E-state index contributed by atoms with van der Waals surface area (Å²) < 4.78 is 5.02. The molecule has 1 aromatic heterocycles. The molecule has 3 rings (SSSR count). The minimum atomic E-state index is -0.666. The number of carbonyl (C=O) groups excluding carboxylic acids is 3. The Morgan fingerprint density at radius 2 is 1.85 bits per heavy atom. The lowest BCUT2D eigenvalue weighted by Crippen LogP contribution is -2.21. The van der Waals surface area contributed by atoms with Gasteiger partial charge in [-0.3, -0.25) is 9.59 Å². The predicted molar refractivity (Wildman–Crippen MR) is 103 cm³/mol. The van der Waals surface area contributed by atoms with E-state index in [-0.39, 0.29) is 11.5 Å². The Balaban J connectivity index is 1.56. The fourth-order valence-corrected chi connectivity index (χ4v) is 3.09. The first-order valence-electron chi connectivity index (χ1n) is 8.12.